The molecule has 2 aromatic rings. The molecule has 2 heterocycles. The summed E-state index contributed by atoms with van der Waals surface area (Å²) < 4.78 is 1.98. The minimum Gasteiger partial charge on any atom is -0.317 e. The van der Waals surface area contributed by atoms with Gasteiger partial charge in [-0.25, -0.2) is 4.98 Å². The number of nitrogens with one attached hydrogen (secondary N) is 1. The zero-order chi connectivity index (χ0) is 15.6. The molecule has 0 radical (unpaired) electrons. The lowest BCUT2D eigenvalue weighted by atomic mass is 10.0. The molecule has 0 spiro atoms. The van der Waals surface area contributed by atoms with Crippen molar-refractivity contribution in [3.63, 3.8) is 0 Å². The van der Waals surface area contributed by atoms with Crippen molar-refractivity contribution < 1.29 is 0 Å². The molecule has 0 aromatic carbocycles. The van der Waals surface area contributed by atoms with Crippen molar-refractivity contribution in [3.8, 4) is 0 Å². The summed E-state index contributed by atoms with van der Waals surface area (Å²) in [7, 11) is 4.06. The Bertz CT molecular complexity index is 593. The summed E-state index contributed by atoms with van der Waals surface area (Å²) in [6, 6.07) is 0.467. The summed E-state index contributed by atoms with van der Waals surface area (Å²) in [6.45, 7) is 8.49. The molecule has 0 amide bonds. The van der Waals surface area contributed by atoms with Crippen LogP contribution in [0.2, 0.25) is 0 Å². The minimum absolute atomic E-state index is 0.467. The van der Waals surface area contributed by atoms with Crippen molar-refractivity contribution in [2.45, 2.75) is 53.0 Å². The fourth-order valence-electron chi connectivity index (χ4n) is 2.68. The van der Waals surface area contributed by atoms with Crippen LogP contribution in [0.15, 0.2) is 0 Å². The van der Waals surface area contributed by atoms with Gasteiger partial charge in [0.25, 0.3) is 0 Å². The Balaban J connectivity index is 1.99. The van der Waals surface area contributed by atoms with Gasteiger partial charge in [0, 0.05) is 30.1 Å². The zero-order valence-electron chi connectivity index (χ0n) is 13.9. The monoisotopic (exact) mass is 306 g/mol. The summed E-state index contributed by atoms with van der Waals surface area (Å²) >= 11 is 1.82. The average Bonchev–Trinajstić information content (AvgIpc) is 2.87. The molecule has 2 aromatic heterocycles. The van der Waals surface area contributed by atoms with Gasteiger partial charge in [-0.1, -0.05) is 0 Å². The second-order valence-electron chi connectivity index (χ2n) is 5.75. The third-order valence-corrected chi connectivity index (χ3v) is 5.40. The third kappa shape index (κ3) is 3.71. The zero-order valence-corrected chi connectivity index (χ0v) is 14.8. The SMILES string of the molecule is CNC(CCc1c(C)nn(C)c1C)Cc1nc(C)c(C)s1. The van der Waals surface area contributed by atoms with Crippen LogP contribution in [0.25, 0.3) is 0 Å². The fraction of sp³-hybridized carbons (Fsp3) is 0.625. The standard InChI is InChI=1S/C16H26N4S/c1-10-13(4)21-16(18-10)9-14(17-5)7-8-15-11(2)19-20(6)12(15)3/h14,17H,7-9H2,1-6H3. The van der Waals surface area contributed by atoms with Gasteiger partial charge in [0.15, 0.2) is 0 Å². The Morgan fingerprint density at radius 2 is 1.90 bits per heavy atom. The van der Waals surface area contributed by atoms with E-state index < -0.39 is 0 Å². The van der Waals surface area contributed by atoms with E-state index in [1.54, 1.807) is 0 Å². The molecule has 0 saturated carbocycles. The summed E-state index contributed by atoms with van der Waals surface area (Å²) in [5.41, 5.74) is 5.00. The first kappa shape index (κ1) is 16.2. The fourth-order valence-corrected chi connectivity index (χ4v) is 3.70. The number of likely N-dealkylation sites (N-methyl/N-ethyl adjacent to an activating group) is 1. The minimum atomic E-state index is 0.467. The molecular weight excluding hydrogens is 280 g/mol. The van der Waals surface area contributed by atoms with Gasteiger partial charge in [0.05, 0.1) is 16.4 Å². The van der Waals surface area contributed by atoms with Crippen molar-refractivity contribution in [2.24, 2.45) is 7.05 Å². The van der Waals surface area contributed by atoms with Crippen LogP contribution in [0, 0.1) is 27.7 Å². The van der Waals surface area contributed by atoms with Crippen molar-refractivity contribution in [1.29, 1.82) is 0 Å². The highest BCUT2D eigenvalue weighted by Crippen LogP contribution is 2.20. The second kappa shape index (κ2) is 6.71. The number of rotatable bonds is 6. The molecule has 2 rings (SSSR count). The van der Waals surface area contributed by atoms with Crippen LogP contribution in [0.3, 0.4) is 0 Å². The normalized spacial score (nSPS) is 12.9. The van der Waals surface area contributed by atoms with Crippen LogP contribution in [-0.2, 0) is 19.9 Å². The first-order valence-corrected chi connectivity index (χ1v) is 8.33. The first-order chi connectivity index (χ1) is 9.92. The van der Waals surface area contributed by atoms with Gasteiger partial charge in [-0.15, -0.1) is 11.3 Å². The molecule has 4 nitrogen and oxygen atoms in total. The van der Waals surface area contributed by atoms with Crippen molar-refractivity contribution in [2.75, 3.05) is 7.05 Å². The van der Waals surface area contributed by atoms with E-state index in [0.29, 0.717) is 6.04 Å². The quantitative estimate of drug-likeness (QED) is 0.892. The topological polar surface area (TPSA) is 42.7 Å². The van der Waals surface area contributed by atoms with Crippen LogP contribution in [0.5, 0.6) is 0 Å². The lowest BCUT2D eigenvalue weighted by Gasteiger charge is -2.14. The second-order valence-corrected chi connectivity index (χ2v) is 7.04. The van der Waals surface area contributed by atoms with E-state index in [-0.39, 0.29) is 0 Å². The Morgan fingerprint density at radius 3 is 2.38 bits per heavy atom. The predicted octanol–water partition coefficient (Wildman–Crippen LogP) is 2.87. The Kier molecular flexibility index (Phi) is 5.17. The maximum atomic E-state index is 4.65. The summed E-state index contributed by atoms with van der Waals surface area (Å²) in [6.07, 6.45) is 3.19. The van der Waals surface area contributed by atoms with Crippen LogP contribution in [-0.4, -0.2) is 27.9 Å². The van der Waals surface area contributed by atoms with Gasteiger partial charge >= 0.3 is 0 Å². The van der Waals surface area contributed by atoms with Gasteiger partial charge in [0.1, 0.15) is 0 Å². The van der Waals surface area contributed by atoms with Gasteiger partial charge in [-0.05, 0) is 53.1 Å². The number of aromatic nitrogens is 3. The molecule has 1 unspecified atom stereocenters. The van der Waals surface area contributed by atoms with Gasteiger partial charge < -0.3 is 5.32 Å². The summed E-state index contributed by atoms with van der Waals surface area (Å²) in [4.78, 5) is 5.99. The molecule has 5 heteroatoms. The van der Waals surface area contributed by atoms with E-state index >= 15 is 0 Å². The molecule has 0 bridgehead atoms. The van der Waals surface area contributed by atoms with E-state index in [4.69, 9.17) is 0 Å². The third-order valence-electron chi connectivity index (χ3n) is 4.30. The van der Waals surface area contributed by atoms with E-state index in [1.807, 2.05) is 30.1 Å². The molecule has 0 aliphatic carbocycles. The largest absolute Gasteiger partial charge is 0.317 e. The van der Waals surface area contributed by atoms with E-state index in [1.165, 1.54) is 26.8 Å². The Morgan fingerprint density at radius 1 is 1.19 bits per heavy atom. The van der Waals surface area contributed by atoms with Crippen LogP contribution in [0.4, 0.5) is 0 Å². The van der Waals surface area contributed by atoms with E-state index in [9.17, 15) is 0 Å². The van der Waals surface area contributed by atoms with E-state index in [2.05, 4.69) is 43.1 Å². The van der Waals surface area contributed by atoms with E-state index in [0.717, 1.165) is 25.0 Å². The predicted molar refractivity (Wildman–Crippen MR) is 89.1 cm³/mol. The van der Waals surface area contributed by atoms with Gasteiger partial charge in [0.2, 0.25) is 0 Å². The molecular formula is C16H26N4S. The first-order valence-electron chi connectivity index (χ1n) is 7.51. The highest BCUT2D eigenvalue weighted by molar-refractivity contribution is 7.11. The van der Waals surface area contributed by atoms with Crippen molar-refractivity contribution in [3.05, 3.63) is 32.5 Å². The molecule has 0 aliphatic rings. The Labute approximate surface area is 131 Å². The van der Waals surface area contributed by atoms with Crippen LogP contribution in [0.1, 0.15) is 39.0 Å². The summed E-state index contributed by atoms with van der Waals surface area (Å²) in [5, 5.41) is 9.17. The number of aryl methyl sites for hydroxylation is 4. The molecule has 1 N–H and O–H groups in total. The van der Waals surface area contributed by atoms with Crippen molar-refractivity contribution in [1.82, 2.24) is 20.1 Å². The molecule has 116 valence electrons. The highest BCUT2D eigenvalue weighted by Gasteiger charge is 2.15. The average molecular weight is 306 g/mol. The number of hydrogen-bond acceptors (Lipinski definition) is 4. The number of hydrogen-bond donors (Lipinski definition) is 1. The maximum Gasteiger partial charge on any atom is 0.0946 e. The van der Waals surface area contributed by atoms with Crippen LogP contribution < -0.4 is 5.32 Å². The maximum absolute atomic E-state index is 4.65. The number of nitrogens with zero attached hydrogens (tertiary/aromatic N) is 3. The molecule has 0 saturated heterocycles. The molecule has 0 aliphatic heterocycles. The highest BCUT2D eigenvalue weighted by atomic mass is 32.1. The lowest BCUT2D eigenvalue weighted by Crippen LogP contribution is -2.28. The lowest BCUT2D eigenvalue weighted by molar-refractivity contribution is 0.518. The van der Waals surface area contributed by atoms with Crippen molar-refractivity contribution >= 4 is 11.3 Å². The molecule has 0 fully saturated rings. The van der Waals surface area contributed by atoms with Gasteiger partial charge in [-0.3, -0.25) is 4.68 Å². The number of thiazole rings is 1. The van der Waals surface area contributed by atoms with Crippen LogP contribution >= 0.6 is 11.3 Å². The Hall–Kier alpha value is -1.20. The molecule has 21 heavy (non-hydrogen) atoms. The molecule has 1 atom stereocenters. The van der Waals surface area contributed by atoms with Gasteiger partial charge in [-0.2, -0.15) is 5.10 Å². The summed E-state index contributed by atoms with van der Waals surface area (Å²) in [5.74, 6) is 0. The smallest absolute Gasteiger partial charge is 0.0946 e.